The molecule has 198 valence electrons. The van der Waals surface area contributed by atoms with E-state index in [9.17, 15) is 4.79 Å². The number of rotatable bonds is 13. The van der Waals surface area contributed by atoms with Crippen LogP contribution < -0.4 is 5.32 Å². The molecule has 10 nitrogen and oxygen atoms in total. The Morgan fingerprint density at radius 3 is 2.61 bits per heavy atom. The van der Waals surface area contributed by atoms with Crippen LogP contribution in [0, 0.1) is 0 Å². The van der Waals surface area contributed by atoms with E-state index in [0.717, 1.165) is 80.9 Å². The van der Waals surface area contributed by atoms with Crippen LogP contribution in [-0.4, -0.2) is 65.4 Å². The number of likely N-dealkylation sites (tertiary alicyclic amines) is 1. The van der Waals surface area contributed by atoms with Crippen LogP contribution in [0.25, 0.3) is 16.9 Å². The van der Waals surface area contributed by atoms with Crippen molar-refractivity contribution >= 4 is 5.91 Å². The van der Waals surface area contributed by atoms with Gasteiger partial charge in [-0.15, -0.1) is 10.2 Å². The molecule has 0 saturated carbocycles. The van der Waals surface area contributed by atoms with Gasteiger partial charge in [0.2, 0.25) is 0 Å². The molecule has 1 aromatic carbocycles. The van der Waals surface area contributed by atoms with Crippen LogP contribution in [0.1, 0.15) is 61.0 Å². The van der Waals surface area contributed by atoms with E-state index in [4.69, 9.17) is 0 Å². The molecule has 4 heterocycles. The van der Waals surface area contributed by atoms with Crippen LogP contribution in [0.3, 0.4) is 0 Å². The van der Waals surface area contributed by atoms with Gasteiger partial charge < -0.3 is 5.32 Å². The highest BCUT2D eigenvalue weighted by Gasteiger charge is 2.16. The van der Waals surface area contributed by atoms with Crippen LogP contribution >= 0.6 is 0 Å². The summed E-state index contributed by atoms with van der Waals surface area (Å²) < 4.78 is 3.61. The molecule has 0 unspecified atom stereocenters. The summed E-state index contributed by atoms with van der Waals surface area (Å²) in [6.45, 7) is 4.54. The van der Waals surface area contributed by atoms with Crippen molar-refractivity contribution in [1.82, 2.24) is 45.2 Å². The minimum Gasteiger partial charge on any atom is -0.352 e. The van der Waals surface area contributed by atoms with E-state index in [1.807, 2.05) is 53.5 Å². The van der Waals surface area contributed by atoms with E-state index in [0.29, 0.717) is 12.1 Å². The normalized spacial score (nSPS) is 13.7. The molecule has 0 atom stereocenters. The number of pyridine rings is 1. The number of hydrogen-bond donors (Lipinski definition) is 1. The average molecular weight is 514 g/mol. The van der Waals surface area contributed by atoms with Gasteiger partial charge in [-0.1, -0.05) is 41.8 Å². The fraction of sp³-hybridized carbons (Fsp3) is 0.429. The number of hydrogen-bond acceptors (Lipinski definition) is 7. The third-order valence-electron chi connectivity index (χ3n) is 6.87. The van der Waals surface area contributed by atoms with Gasteiger partial charge in [-0.2, -0.15) is 0 Å². The van der Waals surface area contributed by atoms with Crippen LogP contribution in [0.5, 0.6) is 0 Å². The predicted molar refractivity (Wildman–Crippen MR) is 145 cm³/mol. The lowest BCUT2D eigenvalue weighted by atomic mass is 10.1. The molecule has 1 amide bonds. The highest BCUT2D eigenvalue weighted by Crippen LogP contribution is 2.17. The number of unbranched alkanes of at least 4 members (excludes halogenated alkanes) is 4. The SMILES string of the molecule is O=C(NCCCCCCCn1cc(-c2cccnc2)nn1)c1ccccc1-n1cc(CN2CCCC2)nn1. The zero-order valence-electron chi connectivity index (χ0n) is 21.7. The maximum atomic E-state index is 12.9. The Hall–Kier alpha value is -3.92. The number of para-hydroxylation sites is 1. The van der Waals surface area contributed by atoms with Crippen LogP contribution in [0.2, 0.25) is 0 Å². The van der Waals surface area contributed by atoms with Gasteiger partial charge in [0.15, 0.2) is 0 Å². The molecule has 0 bridgehead atoms. The molecule has 1 aliphatic heterocycles. The Balaban J connectivity index is 1.01. The van der Waals surface area contributed by atoms with E-state index < -0.39 is 0 Å². The van der Waals surface area contributed by atoms with Gasteiger partial charge in [0.1, 0.15) is 5.69 Å². The molecule has 0 radical (unpaired) electrons. The van der Waals surface area contributed by atoms with Crippen molar-refractivity contribution < 1.29 is 4.79 Å². The Morgan fingerprint density at radius 1 is 0.895 bits per heavy atom. The van der Waals surface area contributed by atoms with Crippen molar-refractivity contribution in [1.29, 1.82) is 0 Å². The summed E-state index contributed by atoms with van der Waals surface area (Å²) in [5.74, 6) is -0.0761. The van der Waals surface area contributed by atoms with Crippen LogP contribution in [0.15, 0.2) is 61.2 Å². The Kier molecular flexibility index (Phi) is 8.83. The topological polar surface area (TPSA) is 107 Å². The monoisotopic (exact) mass is 513 g/mol. The summed E-state index contributed by atoms with van der Waals surface area (Å²) in [5, 5.41) is 20.2. The lowest BCUT2D eigenvalue weighted by Gasteiger charge is -2.11. The summed E-state index contributed by atoms with van der Waals surface area (Å²) in [5.41, 5.74) is 4.13. The van der Waals surface area contributed by atoms with Gasteiger partial charge in [0.25, 0.3) is 5.91 Å². The smallest absolute Gasteiger partial charge is 0.253 e. The number of amides is 1. The lowest BCUT2D eigenvalue weighted by molar-refractivity contribution is 0.0952. The minimum atomic E-state index is -0.0761. The van der Waals surface area contributed by atoms with Crippen molar-refractivity contribution in [2.24, 2.45) is 0 Å². The molecule has 4 aromatic rings. The van der Waals surface area contributed by atoms with Gasteiger partial charge in [0, 0.05) is 37.6 Å². The van der Waals surface area contributed by atoms with Gasteiger partial charge >= 0.3 is 0 Å². The Bertz CT molecular complexity index is 1290. The number of aryl methyl sites for hydroxylation is 1. The predicted octanol–water partition coefficient (Wildman–Crippen LogP) is 3.90. The number of carbonyl (C=O) groups excluding carboxylic acids is 1. The molecule has 0 aliphatic carbocycles. The first-order chi connectivity index (χ1) is 18.8. The van der Waals surface area contributed by atoms with E-state index >= 15 is 0 Å². The van der Waals surface area contributed by atoms with E-state index in [-0.39, 0.29) is 5.91 Å². The molecular weight excluding hydrogens is 478 g/mol. The third kappa shape index (κ3) is 6.89. The van der Waals surface area contributed by atoms with Crippen molar-refractivity contribution in [3.05, 3.63) is 72.4 Å². The van der Waals surface area contributed by atoms with Gasteiger partial charge in [-0.3, -0.25) is 19.4 Å². The van der Waals surface area contributed by atoms with Crippen molar-refractivity contribution in [3.8, 4) is 16.9 Å². The maximum absolute atomic E-state index is 12.9. The summed E-state index contributed by atoms with van der Waals surface area (Å²) in [7, 11) is 0. The molecular formula is C28H35N9O. The number of benzene rings is 1. The number of carbonyl (C=O) groups is 1. The zero-order valence-corrected chi connectivity index (χ0v) is 21.7. The summed E-state index contributed by atoms with van der Waals surface area (Å²) in [6, 6.07) is 11.5. The second-order valence-corrected chi connectivity index (χ2v) is 9.79. The van der Waals surface area contributed by atoms with Crippen LogP contribution in [0.4, 0.5) is 0 Å². The fourth-order valence-electron chi connectivity index (χ4n) is 4.80. The zero-order chi connectivity index (χ0) is 26.0. The second kappa shape index (κ2) is 13.0. The fourth-order valence-corrected chi connectivity index (χ4v) is 4.80. The van der Waals surface area contributed by atoms with E-state index in [1.54, 1.807) is 17.1 Å². The number of nitrogens with one attached hydrogen (secondary N) is 1. The molecule has 0 spiro atoms. The quantitative estimate of drug-likeness (QED) is 0.270. The van der Waals surface area contributed by atoms with Crippen molar-refractivity contribution in [3.63, 3.8) is 0 Å². The second-order valence-electron chi connectivity index (χ2n) is 9.79. The molecule has 1 aliphatic rings. The number of aromatic nitrogens is 7. The first-order valence-electron chi connectivity index (χ1n) is 13.6. The van der Waals surface area contributed by atoms with Gasteiger partial charge in [-0.25, -0.2) is 4.68 Å². The Morgan fingerprint density at radius 2 is 1.74 bits per heavy atom. The minimum absolute atomic E-state index is 0.0761. The molecule has 3 aromatic heterocycles. The van der Waals surface area contributed by atoms with Gasteiger partial charge in [0.05, 0.1) is 29.3 Å². The van der Waals surface area contributed by atoms with E-state index in [2.05, 4.69) is 35.8 Å². The summed E-state index contributed by atoms with van der Waals surface area (Å²) in [6.07, 6.45) is 15.3. The van der Waals surface area contributed by atoms with Crippen molar-refractivity contribution in [2.75, 3.05) is 19.6 Å². The first-order valence-corrected chi connectivity index (χ1v) is 13.6. The summed E-state index contributed by atoms with van der Waals surface area (Å²) in [4.78, 5) is 19.4. The molecule has 1 N–H and O–H groups in total. The van der Waals surface area contributed by atoms with Gasteiger partial charge in [-0.05, 0) is 63.0 Å². The average Bonchev–Trinajstić information content (AvgIpc) is 3.74. The third-order valence-corrected chi connectivity index (χ3v) is 6.87. The molecule has 38 heavy (non-hydrogen) atoms. The Labute approximate surface area is 223 Å². The molecule has 5 rings (SSSR count). The van der Waals surface area contributed by atoms with Crippen molar-refractivity contribution in [2.45, 2.75) is 58.0 Å². The molecule has 1 fully saturated rings. The highest BCUT2D eigenvalue weighted by atomic mass is 16.1. The standard InChI is InChI=1S/C28H35N9O/c38-28(25-12-4-5-13-27(25)37-21-24(31-34-37)20-35-16-8-9-17-35)30-15-6-2-1-3-7-18-36-22-26(32-33-36)23-11-10-14-29-19-23/h4-5,10-14,19,21-22H,1-3,6-9,15-18,20H2,(H,30,38). The van der Waals surface area contributed by atoms with Crippen LogP contribution in [-0.2, 0) is 13.1 Å². The maximum Gasteiger partial charge on any atom is 0.253 e. The van der Waals surface area contributed by atoms with E-state index in [1.165, 1.54) is 12.8 Å². The largest absolute Gasteiger partial charge is 0.352 e. The molecule has 10 heteroatoms. The molecule has 1 saturated heterocycles. The lowest BCUT2D eigenvalue weighted by Crippen LogP contribution is -2.25. The first kappa shape index (κ1) is 25.7. The summed E-state index contributed by atoms with van der Waals surface area (Å²) >= 11 is 0. The highest BCUT2D eigenvalue weighted by molar-refractivity contribution is 5.97. The number of nitrogens with zero attached hydrogens (tertiary/aromatic N) is 8.